The van der Waals surface area contributed by atoms with Crippen molar-refractivity contribution in [1.82, 2.24) is 4.57 Å². The Bertz CT molecular complexity index is 2330. The second kappa shape index (κ2) is 10.2. The minimum atomic E-state index is 0.318. The van der Waals surface area contributed by atoms with Crippen LogP contribution in [-0.2, 0) is 0 Å². The van der Waals surface area contributed by atoms with Crippen LogP contribution in [0.4, 0.5) is 11.4 Å². The molecule has 45 heavy (non-hydrogen) atoms. The van der Waals surface area contributed by atoms with Gasteiger partial charge in [0.2, 0.25) is 0 Å². The fourth-order valence-corrected chi connectivity index (χ4v) is 7.73. The molecule has 214 valence electrons. The van der Waals surface area contributed by atoms with Crippen molar-refractivity contribution >= 4 is 44.0 Å². The highest BCUT2D eigenvalue weighted by molar-refractivity contribution is 6.21. The molecule has 2 atom stereocenters. The van der Waals surface area contributed by atoms with Crippen LogP contribution in [0.2, 0.25) is 0 Å². The highest BCUT2D eigenvalue weighted by atomic mass is 15.2. The third-order valence-corrected chi connectivity index (χ3v) is 9.75. The molecular weight excluding hydrogens is 544 g/mol. The van der Waals surface area contributed by atoms with E-state index in [2.05, 4.69) is 180 Å². The van der Waals surface area contributed by atoms with Gasteiger partial charge in [-0.15, -0.1) is 0 Å². The number of nitrogens with zero attached hydrogens (tertiary/aromatic N) is 2. The van der Waals surface area contributed by atoms with E-state index in [1.807, 2.05) is 0 Å². The molecule has 7 aromatic carbocycles. The van der Waals surface area contributed by atoms with Crippen LogP contribution in [0.25, 0.3) is 49.4 Å². The standard InChI is InChI=1S/C43H32N2/c1-29-42(33-12-3-2-4-13-33)37-15-7-9-17-39(37)44(29)34-24-19-30(20-25-34)31-21-26-35(27-22-31)45-40-18-10-8-16-38(40)43-36-14-6-5-11-32(36)23-28-41(43)45/h2-29,42H,1H3. The number of anilines is 2. The van der Waals surface area contributed by atoms with Crippen LogP contribution in [0.1, 0.15) is 24.0 Å². The number of hydrogen-bond donors (Lipinski definition) is 0. The smallest absolute Gasteiger partial charge is 0.0547 e. The first-order valence-corrected chi connectivity index (χ1v) is 15.8. The Kier molecular flexibility index (Phi) is 5.89. The van der Waals surface area contributed by atoms with Gasteiger partial charge in [0.25, 0.3) is 0 Å². The van der Waals surface area contributed by atoms with E-state index in [0.717, 1.165) is 0 Å². The summed E-state index contributed by atoms with van der Waals surface area (Å²) in [6.07, 6.45) is 0. The van der Waals surface area contributed by atoms with Crippen LogP contribution >= 0.6 is 0 Å². The summed E-state index contributed by atoms with van der Waals surface area (Å²) < 4.78 is 2.40. The number of fused-ring (bicyclic) bond motifs is 6. The lowest BCUT2D eigenvalue weighted by Gasteiger charge is -2.28. The lowest BCUT2D eigenvalue weighted by Crippen LogP contribution is -2.27. The van der Waals surface area contributed by atoms with Gasteiger partial charge in [-0.2, -0.15) is 0 Å². The quantitative estimate of drug-likeness (QED) is 0.202. The maximum Gasteiger partial charge on any atom is 0.0547 e. The fourth-order valence-electron chi connectivity index (χ4n) is 7.73. The average molecular weight is 577 g/mol. The lowest BCUT2D eigenvalue weighted by molar-refractivity contribution is 0.673. The van der Waals surface area contributed by atoms with Gasteiger partial charge in [-0.05, 0) is 82.4 Å². The molecule has 9 rings (SSSR count). The molecule has 0 saturated heterocycles. The van der Waals surface area contributed by atoms with E-state index in [0.29, 0.717) is 12.0 Å². The van der Waals surface area contributed by atoms with E-state index in [-0.39, 0.29) is 0 Å². The first-order valence-electron chi connectivity index (χ1n) is 15.8. The molecule has 0 bridgehead atoms. The second-order valence-electron chi connectivity index (χ2n) is 12.2. The zero-order valence-corrected chi connectivity index (χ0v) is 25.1. The third kappa shape index (κ3) is 4.03. The summed E-state index contributed by atoms with van der Waals surface area (Å²) >= 11 is 0. The number of aromatic nitrogens is 1. The normalized spacial score (nSPS) is 16.1. The highest BCUT2D eigenvalue weighted by Gasteiger charge is 2.37. The van der Waals surface area contributed by atoms with Gasteiger partial charge in [-0.3, -0.25) is 0 Å². The first kappa shape index (κ1) is 25.9. The van der Waals surface area contributed by atoms with E-state index >= 15 is 0 Å². The summed E-state index contributed by atoms with van der Waals surface area (Å²) in [5.41, 5.74) is 11.4. The number of benzene rings is 7. The molecule has 2 heterocycles. The van der Waals surface area contributed by atoms with Crippen LogP contribution in [0.3, 0.4) is 0 Å². The summed E-state index contributed by atoms with van der Waals surface area (Å²) in [5, 5.41) is 5.17. The van der Waals surface area contributed by atoms with Gasteiger partial charge in [0.15, 0.2) is 0 Å². The average Bonchev–Trinajstić information content (AvgIpc) is 3.60. The van der Waals surface area contributed by atoms with Crippen molar-refractivity contribution < 1.29 is 0 Å². The molecule has 1 aromatic heterocycles. The molecule has 0 spiro atoms. The summed E-state index contributed by atoms with van der Waals surface area (Å²) in [5.74, 6) is 0.341. The maximum atomic E-state index is 2.51. The molecule has 0 amide bonds. The topological polar surface area (TPSA) is 8.17 Å². The molecule has 0 N–H and O–H groups in total. The third-order valence-electron chi connectivity index (χ3n) is 9.75. The van der Waals surface area contributed by atoms with E-state index in [1.54, 1.807) is 0 Å². The van der Waals surface area contributed by atoms with Crippen molar-refractivity contribution in [3.05, 3.63) is 175 Å². The maximum absolute atomic E-state index is 2.51. The van der Waals surface area contributed by atoms with Crippen molar-refractivity contribution in [2.75, 3.05) is 4.90 Å². The van der Waals surface area contributed by atoms with Crippen molar-refractivity contribution in [3.63, 3.8) is 0 Å². The molecule has 2 heteroatoms. The molecule has 0 radical (unpaired) electrons. The number of hydrogen-bond acceptors (Lipinski definition) is 1. The predicted octanol–water partition coefficient (Wildman–Crippen LogP) is 11.3. The zero-order valence-electron chi connectivity index (χ0n) is 25.1. The molecule has 1 aliphatic rings. The van der Waals surface area contributed by atoms with Gasteiger partial charge in [0.1, 0.15) is 0 Å². The van der Waals surface area contributed by atoms with Gasteiger partial charge in [-0.25, -0.2) is 0 Å². The van der Waals surface area contributed by atoms with E-state index in [1.165, 1.54) is 71.9 Å². The molecule has 1 aliphatic heterocycles. The zero-order chi connectivity index (χ0) is 29.9. The second-order valence-corrected chi connectivity index (χ2v) is 12.2. The summed E-state index contributed by atoms with van der Waals surface area (Å²) in [4.78, 5) is 2.51. The predicted molar refractivity (Wildman–Crippen MR) is 190 cm³/mol. The number of para-hydroxylation sites is 2. The lowest BCUT2D eigenvalue weighted by atomic mass is 9.88. The van der Waals surface area contributed by atoms with Crippen LogP contribution < -0.4 is 4.90 Å². The van der Waals surface area contributed by atoms with Gasteiger partial charge in [0.05, 0.1) is 11.0 Å². The highest BCUT2D eigenvalue weighted by Crippen LogP contribution is 2.48. The fraction of sp³-hybridized carbons (Fsp3) is 0.0698. The van der Waals surface area contributed by atoms with E-state index in [4.69, 9.17) is 0 Å². The molecular formula is C43H32N2. The molecule has 0 fully saturated rings. The minimum absolute atomic E-state index is 0.318. The van der Waals surface area contributed by atoms with Crippen molar-refractivity contribution in [3.8, 4) is 16.8 Å². The Morgan fingerprint density at radius 2 is 1.09 bits per heavy atom. The SMILES string of the molecule is CC1C(c2ccccc2)c2ccccc2N1c1ccc(-c2ccc(-n3c4ccccc4c4c5ccccc5ccc43)cc2)cc1. The minimum Gasteiger partial charge on any atom is -0.337 e. The Morgan fingerprint density at radius 1 is 0.467 bits per heavy atom. The molecule has 2 nitrogen and oxygen atoms in total. The van der Waals surface area contributed by atoms with Crippen LogP contribution in [-0.4, -0.2) is 10.6 Å². The monoisotopic (exact) mass is 576 g/mol. The van der Waals surface area contributed by atoms with Gasteiger partial charge < -0.3 is 9.47 Å². The molecule has 0 saturated carbocycles. The van der Waals surface area contributed by atoms with E-state index in [9.17, 15) is 0 Å². The van der Waals surface area contributed by atoms with Crippen LogP contribution in [0, 0.1) is 0 Å². The van der Waals surface area contributed by atoms with Gasteiger partial charge in [0, 0.05) is 39.8 Å². The van der Waals surface area contributed by atoms with Crippen LogP contribution in [0.15, 0.2) is 164 Å². The van der Waals surface area contributed by atoms with E-state index < -0.39 is 0 Å². The van der Waals surface area contributed by atoms with Gasteiger partial charge >= 0.3 is 0 Å². The Hall–Kier alpha value is -5.60. The Balaban J connectivity index is 1.07. The van der Waals surface area contributed by atoms with Crippen LogP contribution in [0.5, 0.6) is 0 Å². The summed E-state index contributed by atoms with van der Waals surface area (Å²) in [6, 6.07) is 60.2. The molecule has 8 aromatic rings. The number of rotatable bonds is 4. The summed E-state index contributed by atoms with van der Waals surface area (Å²) in [6.45, 7) is 2.35. The largest absolute Gasteiger partial charge is 0.337 e. The molecule has 2 unspecified atom stereocenters. The Labute approximate surface area is 263 Å². The summed E-state index contributed by atoms with van der Waals surface area (Å²) in [7, 11) is 0. The van der Waals surface area contributed by atoms with Crippen molar-refractivity contribution in [2.24, 2.45) is 0 Å². The van der Waals surface area contributed by atoms with Crippen molar-refractivity contribution in [2.45, 2.75) is 18.9 Å². The van der Waals surface area contributed by atoms with Gasteiger partial charge in [-0.1, -0.05) is 121 Å². The van der Waals surface area contributed by atoms with Crippen molar-refractivity contribution in [1.29, 1.82) is 0 Å². The molecule has 0 aliphatic carbocycles. The first-order chi connectivity index (χ1) is 22.3. The Morgan fingerprint density at radius 3 is 1.87 bits per heavy atom.